The van der Waals surface area contributed by atoms with Crippen LogP contribution in [0.5, 0.6) is 0 Å². The zero-order valence-corrected chi connectivity index (χ0v) is 11.3. The van der Waals surface area contributed by atoms with Gasteiger partial charge < -0.3 is 11.1 Å². The monoisotopic (exact) mass is 244 g/mol. The van der Waals surface area contributed by atoms with Crippen molar-refractivity contribution in [1.29, 1.82) is 0 Å². The minimum absolute atomic E-state index is 0.463. The van der Waals surface area contributed by atoms with E-state index in [4.69, 9.17) is 5.73 Å². The van der Waals surface area contributed by atoms with Gasteiger partial charge in [-0.15, -0.1) is 0 Å². The molecule has 0 amide bonds. The molecule has 3 rings (SSSR count). The van der Waals surface area contributed by atoms with Crippen LogP contribution in [0.25, 0.3) is 0 Å². The van der Waals surface area contributed by atoms with Crippen molar-refractivity contribution >= 4 is 0 Å². The third-order valence-corrected chi connectivity index (χ3v) is 4.86. The van der Waals surface area contributed by atoms with Crippen LogP contribution in [0.1, 0.15) is 49.8 Å². The molecule has 98 valence electrons. The summed E-state index contributed by atoms with van der Waals surface area (Å²) in [6.07, 6.45) is 5.21. The molecule has 1 aromatic carbocycles. The predicted octanol–water partition coefficient (Wildman–Crippen LogP) is 2.74. The summed E-state index contributed by atoms with van der Waals surface area (Å²) < 4.78 is 0. The van der Waals surface area contributed by atoms with Crippen LogP contribution in [0.3, 0.4) is 0 Å². The van der Waals surface area contributed by atoms with Crippen LogP contribution in [0, 0.1) is 5.92 Å². The maximum atomic E-state index is 5.90. The van der Waals surface area contributed by atoms with Crippen molar-refractivity contribution in [3.8, 4) is 0 Å². The molecule has 1 aliphatic heterocycles. The van der Waals surface area contributed by atoms with E-state index in [2.05, 4.69) is 36.5 Å². The first kappa shape index (κ1) is 12.2. The summed E-state index contributed by atoms with van der Waals surface area (Å²) in [5, 5.41) is 3.63. The van der Waals surface area contributed by atoms with Crippen molar-refractivity contribution in [3.05, 3.63) is 35.4 Å². The van der Waals surface area contributed by atoms with Gasteiger partial charge >= 0.3 is 0 Å². The van der Waals surface area contributed by atoms with Gasteiger partial charge in [0.15, 0.2) is 0 Å². The van der Waals surface area contributed by atoms with Gasteiger partial charge in [-0.3, -0.25) is 0 Å². The molecule has 1 saturated heterocycles. The standard InChI is InChI=1S/C16H24N2/c1-16(8-9-16)14-6-4-12(5-7-14)15-13(11-17)3-2-10-18-15/h4-7,13,15,18H,2-3,8-11,17H2,1H3. The lowest BCUT2D eigenvalue weighted by Gasteiger charge is -2.32. The Morgan fingerprint density at radius 1 is 1.28 bits per heavy atom. The second-order valence-electron chi connectivity index (χ2n) is 6.25. The first-order valence-electron chi connectivity index (χ1n) is 7.27. The number of rotatable bonds is 3. The number of nitrogens with two attached hydrogens (primary N) is 1. The third-order valence-electron chi connectivity index (χ3n) is 4.86. The third kappa shape index (κ3) is 2.19. The number of piperidine rings is 1. The van der Waals surface area contributed by atoms with Crippen LogP contribution in [0.15, 0.2) is 24.3 Å². The molecule has 0 radical (unpaired) electrons. The Balaban J connectivity index is 1.79. The normalized spacial score (nSPS) is 30.1. The van der Waals surface area contributed by atoms with Crippen LogP contribution >= 0.6 is 0 Å². The highest BCUT2D eigenvalue weighted by Crippen LogP contribution is 2.47. The van der Waals surface area contributed by atoms with Gasteiger partial charge in [-0.05, 0) is 61.2 Å². The molecule has 2 nitrogen and oxygen atoms in total. The Morgan fingerprint density at radius 3 is 2.61 bits per heavy atom. The molecule has 1 heterocycles. The fourth-order valence-corrected chi connectivity index (χ4v) is 3.17. The summed E-state index contributed by atoms with van der Waals surface area (Å²) in [6.45, 7) is 4.28. The molecule has 2 unspecified atom stereocenters. The van der Waals surface area contributed by atoms with E-state index in [1.54, 1.807) is 0 Å². The number of nitrogens with one attached hydrogen (secondary N) is 1. The highest BCUT2D eigenvalue weighted by atomic mass is 14.9. The lowest BCUT2D eigenvalue weighted by molar-refractivity contribution is 0.291. The highest BCUT2D eigenvalue weighted by molar-refractivity contribution is 5.34. The second-order valence-corrected chi connectivity index (χ2v) is 6.25. The van der Waals surface area contributed by atoms with Crippen molar-refractivity contribution in [1.82, 2.24) is 5.32 Å². The highest BCUT2D eigenvalue weighted by Gasteiger charge is 2.38. The first-order chi connectivity index (χ1) is 8.73. The van der Waals surface area contributed by atoms with Gasteiger partial charge in [0.05, 0.1) is 0 Å². The molecule has 0 spiro atoms. The van der Waals surface area contributed by atoms with Crippen molar-refractivity contribution < 1.29 is 0 Å². The molecule has 2 heteroatoms. The van der Waals surface area contributed by atoms with Gasteiger partial charge in [0.25, 0.3) is 0 Å². The van der Waals surface area contributed by atoms with E-state index < -0.39 is 0 Å². The summed E-state index contributed by atoms with van der Waals surface area (Å²) in [7, 11) is 0. The summed E-state index contributed by atoms with van der Waals surface area (Å²) >= 11 is 0. The van der Waals surface area contributed by atoms with Crippen LogP contribution < -0.4 is 11.1 Å². The average Bonchev–Trinajstić information content (AvgIpc) is 3.18. The Kier molecular flexibility index (Phi) is 3.16. The molecule has 1 aliphatic carbocycles. The van der Waals surface area contributed by atoms with E-state index in [0.29, 0.717) is 17.4 Å². The minimum atomic E-state index is 0.463. The summed E-state index contributed by atoms with van der Waals surface area (Å²) in [4.78, 5) is 0. The maximum Gasteiger partial charge on any atom is 0.0360 e. The fraction of sp³-hybridized carbons (Fsp3) is 0.625. The largest absolute Gasteiger partial charge is 0.330 e. The first-order valence-corrected chi connectivity index (χ1v) is 7.27. The molecule has 3 N–H and O–H groups in total. The van der Waals surface area contributed by atoms with Crippen LogP contribution in [0.4, 0.5) is 0 Å². The SMILES string of the molecule is CC1(c2ccc(C3NCCCC3CN)cc2)CC1. The lowest BCUT2D eigenvalue weighted by atomic mass is 9.85. The number of benzene rings is 1. The zero-order chi connectivity index (χ0) is 12.6. The van der Waals surface area contributed by atoms with Gasteiger partial charge in [-0.1, -0.05) is 31.2 Å². The Morgan fingerprint density at radius 2 is 2.00 bits per heavy atom. The topological polar surface area (TPSA) is 38.0 Å². The molecule has 2 atom stereocenters. The molecule has 2 fully saturated rings. The molecule has 0 bridgehead atoms. The predicted molar refractivity (Wildman–Crippen MR) is 75.6 cm³/mol. The summed E-state index contributed by atoms with van der Waals surface area (Å²) in [6, 6.07) is 9.73. The molecule has 1 saturated carbocycles. The van der Waals surface area contributed by atoms with Crippen LogP contribution in [0.2, 0.25) is 0 Å². The van der Waals surface area contributed by atoms with Gasteiger partial charge in [-0.25, -0.2) is 0 Å². The van der Waals surface area contributed by atoms with Crippen LogP contribution in [-0.4, -0.2) is 13.1 Å². The quantitative estimate of drug-likeness (QED) is 0.858. The summed E-state index contributed by atoms with van der Waals surface area (Å²) in [5.74, 6) is 0.598. The van der Waals surface area contributed by atoms with Crippen molar-refractivity contribution in [3.63, 3.8) is 0 Å². The Bertz CT molecular complexity index is 406. The molecular weight excluding hydrogens is 220 g/mol. The fourth-order valence-electron chi connectivity index (χ4n) is 3.17. The van der Waals surface area contributed by atoms with Crippen molar-refractivity contribution in [2.24, 2.45) is 11.7 Å². The lowest BCUT2D eigenvalue weighted by Crippen LogP contribution is -2.37. The Hall–Kier alpha value is -0.860. The minimum Gasteiger partial charge on any atom is -0.330 e. The smallest absolute Gasteiger partial charge is 0.0360 e. The van der Waals surface area contributed by atoms with Gasteiger partial charge in [-0.2, -0.15) is 0 Å². The number of hydrogen-bond acceptors (Lipinski definition) is 2. The van der Waals surface area contributed by atoms with E-state index >= 15 is 0 Å². The van der Waals surface area contributed by atoms with Crippen molar-refractivity contribution in [2.75, 3.05) is 13.1 Å². The van der Waals surface area contributed by atoms with Gasteiger partial charge in [0.2, 0.25) is 0 Å². The molecule has 0 aromatic heterocycles. The second kappa shape index (κ2) is 4.67. The molecule has 1 aromatic rings. The van der Waals surface area contributed by atoms with E-state index in [0.717, 1.165) is 13.1 Å². The average molecular weight is 244 g/mol. The van der Waals surface area contributed by atoms with E-state index in [1.165, 1.54) is 36.8 Å². The van der Waals surface area contributed by atoms with E-state index in [1.807, 2.05) is 0 Å². The van der Waals surface area contributed by atoms with Gasteiger partial charge in [0, 0.05) is 6.04 Å². The number of hydrogen-bond donors (Lipinski definition) is 2. The van der Waals surface area contributed by atoms with E-state index in [9.17, 15) is 0 Å². The van der Waals surface area contributed by atoms with E-state index in [-0.39, 0.29) is 0 Å². The molecular formula is C16H24N2. The maximum absolute atomic E-state index is 5.90. The van der Waals surface area contributed by atoms with Crippen LogP contribution in [-0.2, 0) is 5.41 Å². The summed E-state index contributed by atoms with van der Waals surface area (Å²) in [5.41, 5.74) is 9.30. The zero-order valence-electron chi connectivity index (χ0n) is 11.3. The molecule has 18 heavy (non-hydrogen) atoms. The Labute approximate surface area is 110 Å². The van der Waals surface area contributed by atoms with Crippen molar-refractivity contribution in [2.45, 2.75) is 44.1 Å². The van der Waals surface area contributed by atoms with Gasteiger partial charge in [0.1, 0.15) is 0 Å². The molecule has 2 aliphatic rings.